The van der Waals surface area contributed by atoms with E-state index in [2.05, 4.69) is 10.3 Å². The van der Waals surface area contributed by atoms with Crippen LogP contribution < -0.4 is 5.32 Å². The van der Waals surface area contributed by atoms with Gasteiger partial charge in [-0.25, -0.2) is 0 Å². The van der Waals surface area contributed by atoms with Crippen molar-refractivity contribution in [2.75, 3.05) is 38.0 Å². The van der Waals surface area contributed by atoms with E-state index in [4.69, 9.17) is 11.6 Å². The van der Waals surface area contributed by atoms with Crippen molar-refractivity contribution in [1.82, 2.24) is 14.8 Å². The normalized spacial score (nSPS) is 14.1. The van der Waals surface area contributed by atoms with Gasteiger partial charge in [0.15, 0.2) is 0 Å². The fourth-order valence-corrected chi connectivity index (χ4v) is 3.32. The van der Waals surface area contributed by atoms with E-state index in [1.165, 1.54) is 0 Å². The molecule has 0 spiro atoms. The van der Waals surface area contributed by atoms with Crippen LogP contribution in [0.5, 0.6) is 0 Å². The van der Waals surface area contributed by atoms with Gasteiger partial charge >= 0.3 is 0 Å². The number of hydrogen-bond acceptors (Lipinski definition) is 4. The van der Waals surface area contributed by atoms with Gasteiger partial charge in [0, 0.05) is 57.1 Å². The van der Waals surface area contributed by atoms with Gasteiger partial charge in [-0.2, -0.15) is 0 Å². The predicted octanol–water partition coefficient (Wildman–Crippen LogP) is 2.69. The van der Waals surface area contributed by atoms with Crippen LogP contribution in [0.1, 0.15) is 22.8 Å². The molecule has 1 fully saturated rings. The van der Waals surface area contributed by atoms with Crippen LogP contribution in [0.2, 0.25) is 5.02 Å². The van der Waals surface area contributed by atoms with Crippen LogP contribution in [-0.4, -0.2) is 59.3 Å². The van der Waals surface area contributed by atoms with Crippen LogP contribution in [-0.2, 0) is 11.2 Å². The minimum Gasteiger partial charge on any atom is -0.383 e. The third-order valence-electron chi connectivity index (χ3n) is 4.63. The summed E-state index contributed by atoms with van der Waals surface area (Å²) in [4.78, 5) is 31.8. The second kappa shape index (κ2) is 8.86. The zero-order valence-corrected chi connectivity index (χ0v) is 16.1. The molecule has 142 valence electrons. The van der Waals surface area contributed by atoms with Gasteiger partial charge in [0.2, 0.25) is 5.91 Å². The number of aromatic nitrogens is 1. The molecule has 1 saturated heterocycles. The Morgan fingerprint density at radius 2 is 1.85 bits per heavy atom. The molecule has 1 aromatic heterocycles. The lowest BCUT2D eigenvalue weighted by Crippen LogP contribution is -2.50. The first kappa shape index (κ1) is 19.2. The van der Waals surface area contributed by atoms with Crippen molar-refractivity contribution in [2.24, 2.45) is 0 Å². The third-order valence-corrected chi connectivity index (χ3v) is 4.86. The number of carbonyl (C=O) groups excluding carboxylic acids is 2. The average Bonchev–Trinajstić information content (AvgIpc) is 2.68. The number of pyridine rings is 1. The molecular formula is C20H23ClN4O2. The third kappa shape index (κ3) is 5.20. The van der Waals surface area contributed by atoms with Gasteiger partial charge in [0.05, 0.1) is 11.3 Å². The van der Waals surface area contributed by atoms with Crippen LogP contribution in [0.15, 0.2) is 42.7 Å². The van der Waals surface area contributed by atoms with Crippen LogP contribution in [0.25, 0.3) is 0 Å². The Bertz CT molecular complexity index is 819. The first-order valence-corrected chi connectivity index (χ1v) is 9.39. The first-order valence-electron chi connectivity index (χ1n) is 9.01. The lowest BCUT2D eigenvalue weighted by atomic mass is 10.1. The number of hydrogen-bond donors (Lipinski definition) is 1. The Morgan fingerprint density at radius 3 is 2.56 bits per heavy atom. The van der Waals surface area contributed by atoms with E-state index in [1.54, 1.807) is 29.1 Å². The summed E-state index contributed by atoms with van der Waals surface area (Å²) in [6.45, 7) is 4.52. The summed E-state index contributed by atoms with van der Waals surface area (Å²) in [7, 11) is 0. The molecule has 6 nitrogen and oxygen atoms in total. The molecule has 1 aromatic carbocycles. The smallest absolute Gasteiger partial charge is 0.255 e. The molecule has 2 aromatic rings. The molecule has 0 saturated carbocycles. The van der Waals surface area contributed by atoms with E-state index >= 15 is 0 Å². The van der Waals surface area contributed by atoms with Crippen molar-refractivity contribution in [3.8, 4) is 0 Å². The molecule has 2 heterocycles. The van der Waals surface area contributed by atoms with Crippen LogP contribution in [0.3, 0.4) is 0 Å². The van der Waals surface area contributed by atoms with E-state index in [-0.39, 0.29) is 11.8 Å². The second-order valence-electron chi connectivity index (χ2n) is 6.57. The van der Waals surface area contributed by atoms with Crippen LogP contribution >= 0.6 is 11.6 Å². The van der Waals surface area contributed by atoms with Crippen molar-refractivity contribution >= 4 is 29.1 Å². The minimum absolute atomic E-state index is 0.0506. The quantitative estimate of drug-likeness (QED) is 0.858. The zero-order chi connectivity index (χ0) is 19.2. The van der Waals surface area contributed by atoms with Crippen LogP contribution in [0, 0.1) is 0 Å². The lowest BCUT2D eigenvalue weighted by molar-refractivity contribution is -0.130. The number of halogens is 1. The summed E-state index contributed by atoms with van der Waals surface area (Å²) in [5, 5.41) is 4.03. The molecule has 1 aliphatic rings. The van der Waals surface area contributed by atoms with Crippen molar-refractivity contribution in [1.29, 1.82) is 0 Å². The van der Waals surface area contributed by atoms with E-state index < -0.39 is 0 Å². The summed E-state index contributed by atoms with van der Waals surface area (Å²) < 4.78 is 0. The molecule has 1 N–H and O–H groups in total. The maximum absolute atomic E-state index is 12.7. The molecule has 0 radical (unpaired) electrons. The SMILES string of the molecule is CC(=O)N1CCN(C(=O)c2cncc(NCCc3cccc(Cl)c3)c2)CC1. The second-order valence-corrected chi connectivity index (χ2v) is 7.00. The number of nitrogens with one attached hydrogen (secondary N) is 1. The summed E-state index contributed by atoms with van der Waals surface area (Å²) in [5.74, 6) is -0.00106. The number of rotatable bonds is 5. The monoisotopic (exact) mass is 386 g/mol. The zero-order valence-electron chi connectivity index (χ0n) is 15.3. The Hall–Kier alpha value is -2.60. The van der Waals surface area contributed by atoms with Gasteiger partial charge < -0.3 is 15.1 Å². The highest BCUT2D eigenvalue weighted by Crippen LogP contribution is 2.14. The van der Waals surface area contributed by atoms with Gasteiger partial charge in [0.25, 0.3) is 5.91 Å². The Balaban J connectivity index is 1.55. The maximum Gasteiger partial charge on any atom is 0.255 e. The highest BCUT2D eigenvalue weighted by atomic mass is 35.5. The number of piperazine rings is 1. The number of nitrogens with zero attached hydrogens (tertiary/aromatic N) is 3. The largest absolute Gasteiger partial charge is 0.383 e. The average molecular weight is 387 g/mol. The summed E-state index contributed by atoms with van der Waals surface area (Å²) >= 11 is 6.00. The van der Waals surface area contributed by atoms with E-state index in [0.717, 1.165) is 29.2 Å². The fourth-order valence-electron chi connectivity index (χ4n) is 3.10. The highest BCUT2D eigenvalue weighted by molar-refractivity contribution is 6.30. The minimum atomic E-state index is -0.0517. The number of carbonyl (C=O) groups is 2. The molecule has 0 bridgehead atoms. The maximum atomic E-state index is 12.7. The van der Waals surface area contributed by atoms with Gasteiger partial charge in [-0.15, -0.1) is 0 Å². The number of anilines is 1. The van der Waals surface area contributed by atoms with Crippen molar-refractivity contribution in [2.45, 2.75) is 13.3 Å². The Morgan fingerprint density at radius 1 is 1.11 bits per heavy atom. The summed E-state index contributed by atoms with van der Waals surface area (Å²) in [6.07, 6.45) is 4.12. The van der Waals surface area contributed by atoms with E-state index in [0.29, 0.717) is 31.7 Å². The molecule has 2 amide bonds. The topological polar surface area (TPSA) is 65.5 Å². The highest BCUT2D eigenvalue weighted by Gasteiger charge is 2.23. The first-order chi connectivity index (χ1) is 13.0. The molecule has 7 heteroatoms. The Labute approximate surface area is 164 Å². The van der Waals surface area contributed by atoms with Crippen molar-refractivity contribution in [3.05, 3.63) is 58.9 Å². The van der Waals surface area contributed by atoms with Gasteiger partial charge in [-0.3, -0.25) is 14.6 Å². The fraction of sp³-hybridized carbons (Fsp3) is 0.350. The van der Waals surface area contributed by atoms with Crippen molar-refractivity contribution in [3.63, 3.8) is 0 Å². The van der Waals surface area contributed by atoms with Crippen molar-refractivity contribution < 1.29 is 9.59 Å². The summed E-state index contributed by atoms with van der Waals surface area (Å²) in [6, 6.07) is 9.59. The molecule has 1 aliphatic heterocycles. The van der Waals surface area contributed by atoms with Gasteiger partial charge in [-0.1, -0.05) is 23.7 Å². The molecule has 27 heavy (non-hydrogen) atoms. The standard InChI is InChI=1S/C20H23ClN4O2/c1-15(26)24-7-9-25(10-8-24)20(27)17-12-19(14-22-13-17)23-6-5-16-3-2-4-18(21)11-16/h2-4,11-14,23H,5-10H2,1H3. The number of amides is 2. The predicted molar refractivity (Wildman–Crippen MR) is 106 cm³/mol. The summed E-state index contributed by atoms with van der Waals surface area (Å²) in [5.41, 5.74) is 2.52. The molecule has 0 atom stereocenters. The molecule has 3 rings (SSSR count). The number of benzene rings is 1. The van der Waals surface area contributed by atoms with Crippen LogP contribution in [0.4, 0.5) is 5.69 Å². The molecular weight excluding hydrogens is 364 g/mol. The van der Waals surface area contributed by atoms with E-state index in [9.17, 15) is 9.59 Å². The molecule has 0 aliphatic carbocycles. The van der Waals surface area contributed by atoms with Gasteiger partial charge in [0.1, 0.15) is 0 Å². The molecule has 0 unspecified atom stereocenters. The van der Waals surface area contributed by atoms with E-state index in [1.807, 2.05) is 30.3 Å². The van der Waals surface area contributed by atoms with Gasteiger partial charge in [-0.05, 0) is 30.2 Å². The Kier molecular flexibility index (Phi) is 6.29. The lowest BCUT2D eigenvalue weighted by Gasteiger charge is -2.34.